The Hall–Kier alpha value is -2.35. The van der Waals surface area contributed by atoms with Crippen LogP contribution in [-0.2, 0) is 0 Å². The fourth-order valence-corrected chi connectivity index (χ4v) is 4.65. The van der Waals surface area contributed by atoms with E-state index >= 15 is 0 Å². The number of nitrogens with two attached hydrogens (primary N) is 1. The van der Waals surface area contributed by atoms with E-state index in [9.17, 15) is 5.26 Å². The molecule has 2 N–H and O–H groups in total. The van der Waals surface area contributed by atoms with Crippen molar-refractivity contribution in [2.45, 2.75) is 49.8 Å². The van der Waals surface area contributed by atoms with Gasteiger partial charge in [0, 0.05) is 18.6 Å². The molecule has 1 aliphatic heterocycles. The molecule has 1 saturated carbocycles. The highest BCUT2D eigenvalue weighted by Crippen LogP contribution is 2.40. The van der Waals surface area contributed by atoms with Crippen LogP contribution in [-0.4, -0.2) is 36.2 Å². The molecule has 0 radical (unpaired) electrons. The predicted molar refractivity (Wildman–Crippen MR) is 107 cm³/mol. The lowest BCUT2D eigenvalue weighted by molar-refractivity contribution is 0.0680. The summed E-state index contributed by atoms with van der Waals surface area (Å²) in [5.74, 6) is 1.18. The lowest BCUT2D eigenvalue weighted by Gasteiger charge is -2.38. The van der Waals surface area contributed by atoms with Crippen LogP contribution in [0.3, 0.4) is 0 Å². The molecule has 0 spiro atoms. The van der Waals surface area contributed by atoms with Crippen LogP contribution in [0.15, 0.2) is 54.6 Å². The molecule has 1 aliphatic carbocycles. The molecule has 0 bridgehead atoms. The highest BCUT2D eigenvalue weighted by molar-refractivity contribution is 5.42. The fourth-order valence-electron chi connectivity index (χ4n) is 4.65. The van der Waals surface area contributed by atoms with Crippen molar-refractivity contribution in [3.63, 3.8) is 0 Å². The SMILES string of the molecule is N#Cc1ccccc1OC1CC(c2ccccc2)CC1N1CCC[C@H](N)C1. The standard InChI is InChI=1S/C23H27N3O/c24-15-18-9-4-5-11-22(18)27-23-14-19(17-7-2-1-3-8-17)13-21(23)26-12-6-10-20(25)16-26/h1-5,7-9,11,19-21,23H,6,10,12-14,16,25H2/t19?,20-,21?,23?/m0/s1. The molecule has 2 aromatic rings. The molecule has 1 saturated heterocycles. The van der Waals surface area contributed by atoms with Crippen LogP contribution in [0.4, 0.5) is 0 Å². The van der Waals surface area contributed by atoms with Crippen LogP contribution in [0.5, 0.6) is 5.75 Å². The minimum absolute atomic E-state index is 0.0787. The average Bonchev–Trinajstić information content (AvgIpc) is 3.13. The number of likely N-dealkylation sites (tertiary alicyclic amines) is 1. The Balaban J connectivity index is 1.58. The molecule has 2 fully saturated rings. The summed E-state index contributed by atoms with van der Waals surface area (Å²) in [6.45, 7) is 2.02. The van der Waals surface area contributed by atoms with Gasteiger partial charge in [-0.05, 0) is 55.8 Å². The first-order valence-corrected chi connectivity index (χ1v) is 9.95. The van der Waals surface area contributed by atoms with E-state index in [2.05, 4.69) is 41.3 Å². The van der Waals surface area contributed by atoms with Gasteiger partial charge < -0.3 is 10.5 Å². The zero-order chi connectivity index (χ0) is 18.6. The normalized spacial score (nSPS) is 28.6. The summed E-state index contributed by atoms with van der Waals surface area (Å²) in [5.41, 5.74) is 8.24. The summed E-state index contributed by atoms with van der Waals surface area (Å²) in [4.78, 5) is 2.52. The Morgan fingerprint density at radius 3 is 2.59 bits per heavy atom. The first-order chi connectivity index (χ1) is 13.2. The fraction of sp³-hybridized carbons (Fsp3) is 0.435. The molecular weight excluding hydrogens is 334 g/mol. The first kappa shape index (κ1) is 18.0. The number of nitrogens with zero attached hydrogens (tertiary/aromatic N) is 2. The maximum atomic E-state index is 9.41. The number of hydrogen-bond acceptors (Lipinski definition) is 4. The lowest BCUT2D eigenvalue weighted by Crippen LogP contribution is -2.51. The van der Waals surface area contributed by atoms with Crippen molar-refractivity contribution < 1.29 is 4.74 Å². The number of hydrogen-bond donors (Lipinski definition) is 1. The Morgan fingerprint density at radius 1 is 1.04 bits per heavy atom. The molecule has 4 heteroatoms. The van der Waals surface area contributed by atoms with Crippen molar-refractivity contribution in [3.05, 3.63) is 65.7 Å². The van der Waals surface area contributed by atoms with E-state index in [1.165, 1.54) is 5.56 Å². The molecular formula is C23H27N3O. The van der Waals surface area contributed by atoms with Gasteiger partial charge in [0.25, 0.3) is 0 Å². The van der Waals surface area contributed by atoms with E-state index in [4.69, 9.17) is 10.5 Å². The quantitative estimate of drug-likeness (QED) is 0.902. The predicted octanol–water partition coefficient (Wildman–Crippen LogP) is 3.67. The topological polar surface area (TPSA) is 62.3 Å². The monoisotopic (exact) mass is 361 g/mol. The second-order valence-corrected chi connectivity index (χ2v) is 7.81. The minimum Gasteiger partial charge on any atom is -0.487 e. The van der Waals surface area contributed by atoms with Crippen LogP contribution in [0.1, 0.15) is 42.7 Å². The zero-order valence-corrected chi connectivity index (χ0v) is 15.6. The molecule has 27 heavy (non-hydrogen) atoms. The largest absolute Gasteiger partial charge is 0.487 e. The smallest absolute Gasteiger partial charge is 0.137 e. The van der Waals surface area contributed by atoms with Crippen molar-refractivity contribution in [2.24, 2.45) is 5.73 Å². The van der Waals surface area contributed by atoms with Crippen LogP contribution >= 0.6 is 0 Å². The summed E-state index contributed by atoms with van der Waals surface area (Å²) in [6, 6.07) is 21.1. The van der Waals surface area contributed by atoms with Gasteiger partial charge in [-0.2, -0.15) is 5.26 Å². The van der Waals surface area contributed by atoms with E-state index in [-0.39, 0.29) is 12.1 Å². The zero-order valence-electron chi connectivity index (χ0n) is 15.6. The van der Waals surface area contributed by atoms with Crippen molar-refractivity contribution in [3.8, 4) is 11.8 Å². The molecule has 1 heterocycles. The van der Waals surface area contributed by atoms with Crippen LogP contribution < -0.4 is 10.5 Å². The van der Waals surface area contributed by atoms with Gasteiger partial charge in [0.05, 0.1) is 5.56 Å². The molecule has 4 rings (SSSR count). The van der Waals surface area contributed by atoms with E-state index in [1.54, 1.807) is 0 Å². The summed E-state index contributed by atoms with van der Waals surface area (Å²) >= 11 is 0. The highest BCUT2D eigenvalue weighted by Gasteiger charge is 2.41. The average molecular weight is 361 g/mol. The Kier molecular flexibility index (Phi) is 5.42. The molecule has 0 amide bonds. The molecule has 0 aromatic heterocycles. The van der Waals surface area contributed by atoms with Gasteiger partial charge in [0.1, 0.15) is 17.9 Å². The number of piperidine rings is 1. The van der Waals surface area contributed by atoms with Gasteiger partial charge >= 0.3 is 0 Å². The van der Waals surface area contributed by atoms with E-state index in [1.807, 2.05) is 24.3 Å². The van der Waals surface area contributed by atoms with E-state index in [0.717, 1.165) is 38.8 Å². The minimum atomic E-state index is 0.0787. The maximum absolute atomic E-state index is 9.41. The van der Waals surface area contributed by atoms with Crippen molar-refractivity contribution >= 4 is 0 Å². The molecule has 3 unspecified atom stereocenters. The van der Waals surface area contributed by atoms with Gasteiger partial charge in [-0.25, -0.2) is 0 Å². The second-order valence-electron chi connectivity index (χ2n) is 7.81. The Morgan fingerprint density at radius 2 is 1.81 bits per heavy atom. The van der Waals surface area contributed by atoms with E-state index < -0.39 is 0 Å². The second kappa shape index (κ2) is 8.12. The number of ether oxygens (including phenoxy) is 1. The van der Waals surface area contributed by atoms with Gasteiger partial charge in [-0.1, -0.05) is 42.5 Å². The third-order valence-electron chi connectivity index (χ3n) is 5.99. The maximum Gasteiger partial charge on any atom is 0.137 e. The van der Waals surface area contributed by atoms with Crippen molar-refractivity contribution in [2.75, 3.05) is 13.1 Å². The lowest BCUT2D eigenvalue weighted by atomic mass is 9.97. The summed E-state index contributed by atoms with van der Waals surface area (Å²) in [5, 5.41) is 9.41. The number of para-hydroxylation sites is 1. The molecule has 140 valence electrons. The van der Waals surface area contributed by atoms with Crippen LogP contribution in [0.2, 0.25) is 0 Å². The number of benzene rings is 2. The summed E-state index contributed by atoms with van der Waals surface area (Å²) < 4.78 is 6.45. The molecule has 2 aliphatic rings. The van der Waals surface area contributed by atoms with Gasteiger partial charge in [-0.3, -0.25) is 4.90 Å². The van der Waals surface area contributed by atoms with E-state index in [0.29, 0.717) is 23.3 Å². The van der Waals surface area contributed by atoms with Crippen molar-refractivity contribution in [1.29, 1.82) is 5.26 Å². The molecule has 2 aromatic carbocycles. The Bertz CT molecular complexity index is 801. The highest BCUT2D eigenvalue weighted by atomic mass is 16.5. The molecule has 4 atom stereocenters. The van der Waals surface area contributed by atoms with Gasteiger partial charge in [-0.15, -0.1) is 0 Å². The Labute approximate surface area is 161 Å². The van der Waals surface area contributed by atoms with Crippen LogP contribution in [0, 0.1) is 11.3 Å². The third kappa shape index (κ3) is 4.00. The first-order valence-electron chi connectivity index (χ1n) is 9.95. The van der Waals surface area contributed by atoms with Gasteiger partial charge in [0.15, 0.2) is 0 Å². The summed E-state index contributed by atoms with van der Waals surface area (Å²) in [6.07, 6.45) is 4.38. The van der Waals surface area contributed by atoms with Crippen LogP contribution in [0.25, 0.3) is 0 Å². The van der Waals surface area contributed by atoms with Gasteiger partial charge in [0.2, 0.25) is 0 Å². The van der Waals surface area contributed by atoms with Crippen molar-refractivity contribution in [1.82, 2.24) is 4.90 Å². The summed E-state index contributed by atoms with van der Waals surface area (Å²) in [7, 11) is 0. The molecule has 4 nitrogen and oxygen atoms in total. The number of nitriles is 1. The number of rotatable bonds is 4. The third-order valence-corrected chi connectivity index (χ3v) is 5.99.